The fourth-order valence-electron chi connectivity index (χ4n) is 1.65. The summed E-state index contributed by atoms with van der Waals surface area (Å²) in [6.45, 7) is 0.214. The van der Waals surface area contributed by atoms with Crippen LogP contribution in [-0.2, 0) is 24.1 Å². The van der Waals surface area contributed by atoms with Crippen molar-refractivity contribution in [3.05, 3.63) is 29.1 Å². The standard InChI is InChI=1S/C9H7F3N2O/c10-9(11,12)8-7-4-14(5-15)3-6(7)1-2-13-8/h1-2,5H,3-4H2. The van der Waals surface area contributed by atoms with Gasteiger partial charge in [-0.2, -0.15) is 13.2 Å². The number of aromatic nitrogens is 1. The minimum absolute atomic E-state index is 0.0124. The van der Waals surface area contributed by atoms with Crippen LogP contribution in [0.1, 0.15) is 16.8 Å². The third-order valence-corrected chi connectivity index (χ3v) is 2.31. The first-order chi connectivity index (χ1) is 7.02. The van der Waals surface area contributed by atoms with Crippen molar-refractivity contribution in [1.82, 2.24) is 9.88 Å². The van der Waals surface area contributed by atoms with Crippen LogP contribution in [0.2, 0.25) is 0 Å². The van der Waals surface area contributed by atoms with Crippen molar-refractivity contribution in [2.24, 2.45) is 0 Å². The van der Waals surface area contributed by atoms with Crippen LogP contribution < -0.4 is 0 Å². The number of halogens is 3. The molecule has 0 atom stereocenters. The molecule has 3 nitrogen and oxygen atoms in total. The molecule has 6 heteroatoms. The second kappa shape index (κ2) is 3.22. The predicted octanol–water partition coefficient (Wildman–Crippen LogP) is 1.57. The van der Waals surface area contributed by atoms with E-state index >= 15 is 0 Å². The molecule has 0 radical (unpaired) electrons. The van der Waals surface area contributed by atoms with Crippen LogP contribution in [0.15, 0.2) is 12.3 Å². The Hall–Kier alpha value is -1.59. The van der Waals surface area contributed by atoms with E-state index in [1.54, 1.807) is 0 Å². The average Bonchev–Trinajstić information content (AvgIpc) is 2.57. The Morgan fingerprint density at radius 3 is 2.73 bits per heavy atom. The lowest BCUT2D eigenvalue weighted by Crippen LogP contribution is -2.15. The van der Waals surface area contributed by atoms with E-state index in [-0.39, 0.29) is 18.7 Å². The van der Waals surface area contributed by atoms with Gasteiger partial charge in [0, 0.05) is 24.8 Å². The number of nitrogens with zero attached hydrogens (tertiary/aromatic N) is 2. The first kappa shape index (κ1) is 9.95. The molecule has 1 aromatic heterocycles. The molecule has 2 heterocycles. The van der Waals surface area contributed by atoms with Crippen molar-refractivity contribution in [2.75, 3.05) is 0 Å². The van der Waals surface area contributed by atoms with Crippen molar-refractivity contribution in [3.8, 4) is 0 Å². The molecule has 0 aliphatic carbocycles. The second-order valence-corrected chi connectivity index (χ2v) is 3.31. The molecule has 15 heavy (non-hydrogen) atoms. The van der Waals surface area contributed by atoms with Gasteiger partial charge in [-0.25, -0.2) is 0 Å². The molecule has 1 aliphatic heterocycles. The van der Waals surface area contributed by atoms with Gasteiger partial charge in [0.2, 0.25) is 6.41 Å². The summed E-state index contributed by atoms with van der Waals surface area (Å²) in [5.74, 6) is 0. The summed E-state index contributed by atoms with van der Waals surface area (Å²) >= 11 is 0. The van der Waals surface area contributed by atoms with E-state index in [4.69, 9.17) is 0 Å². The number of carbonyl (C=O) groups excluding carboxylic acids is 1. The molecule has 1 aromatic rings. The molecule has 0 saturated carbocycles. The van der Waals surface area contributed by atoms with Gasteiger partial charge in [0.25, 0.3) is 0 Å². The van der Waals surface area contributed by atoms with Crippen LogP contribution in [-0.4, -0.2) is 16.3 Å². The fourth-order valence-corrected chi connectivity index (χ4v) is 1.65. The van der Waals surface area contributed by atoms with Crippen molar-refractivity contribution in [3.63, 3.8) is 0 Å². The monoisotopic (exact) mass is 216 g/mol. The summed E-state index contributed by atoms with van der Waals surface area (Å²) < 4.78 is 37.5. The van der Waals surface area contributed by atoms with E-state index in [0.29, 0.717) is 12.0 Å². The Morgan fingerprint density at radius 1 is 1.40 bits per heavy atom. The first-order valence-electron chi connectivity index (χ1n) is 4.25. The van der Waals surface area contributed by atoms with Gasteiger partial charge in [0.05, 0.1) is 0 Å². The maximum atomic E-state index is 12.5. The van der Waals surface area contributed by atoms with E-state index in [0.717, 1.165) is 6.20 Å². The Morgan fingerprint density at radius 2 is 2.13 bits per heavy atom. The largest absolute Gasteiger partial charge is 0.433 e. The predicted molar refractivity (Wildman–Crippen MR) is 44.6 cm³/mol. The lowest BCUT2D eigenvalue weighted by Gasteiger charge is -2.09. The number of amides is 1. The summed E-state index contributed by atoms with van der Waals surface area (Å²) in [6.07, 6.45) is -2.79. The smallest absolute Gasteiger partial charge is 0.337 e. The number of pyridine rings is 1. The van der Waals surface area contributed by atoms with Gasteiger partial charge in [-0.1, -0.05) is 0 Å². The summed E-state index contributed by atoms with van der Waals surface area (Å²) in [6, 6.07) is 1.51. The quantitative estimate of drug-likeness (QED) is 0.667. The number of alkyl halides is 3. The number of rotatable bonds is 1. The summed E-state index contributed by atoms with van der Waals surface area (Å²) in [7, 11) is 0. The first-order valence-corrected chi connectivity index (χ1v) is 4.25. The Labute approximate surface area is 83.5 Å². The van der Waals surface area contributed by atoms with Gasteiger partial charge < -0.3 is 4.90 Å². The van der Waals surface area contributed by atoms with Crippen molar-refractivity contribution >= 4 is 6.41 Å². The van der Waals surface area contributed by atoms with Gasteiger partial charge in [-0.3, -0.25) is 9.78 Å². The van der Waals surface area contributed by atoms with E-state index in [1.807, 2.05) is 0 Å². The Balaban J connectivity index is 2.46. The number of fused-ring (bicyclic) bond motifs is 1. The van der Waals surface area contributed by atoms with Crippen molar-refractivity contribution < 1.29 is 18.0 Å². The molecular weight excluding hydrogens is 209 g/mol. The maximum absolute atomic E-state index is 12.5. The molecule has 0 fully saturated rings. The van der Waals surface area contributed by atoms with Crippen LogP contribution >= 0.6 is 0 Å². The van der Waals surface area contributed by atoms with Crippen molar-refractivity contribution in [2.45, 2.75) is 19.3 Å². The second-order valence-electron chi connectivity index (χ2n) is 3.31. The molecule has 0 N–H and O–H groups in total. The highest BCUT2D eigenvalue weighted by molar-refractivity contribution is 5.51. The molecule has 1 amide bonds. The minimum Gasteiger partial charge on any atom is -0.337 e. The lowest BCUT2D eigenvalue weighted by atomic mass is 10.1. The maximum Gasteiger partial charge on any atom is 0.433 e. The van der Waals surface area contributed by atoms with Gasteiger partial charge in [0.15, 0.2) is 0 Å². The zero-order valence-electron chi connectivity index (χ0n) is 7.58. The normalized spacial score (nSPS) is 15.3. The van der Waals surface area contributed by atoms with Crippen LogP contribution in [0.4, 0.5) is 13.2 Å². The van der Waals surface area contributed by atoms with Crippen molar-refractivity contribution in [1.29, 1.82) is 0 Å². The highest BCUT2D eigenvalue weighted by Gasteiger charge is 2.38. The molecule has 80 valence electrons. The minimum atomic E-state index is -4.45. The molecule has 0 bridgehead atoms. The van der Waals surface area contributed by atoms with E-state index in [1.165, 1.54) is 11.0 Å². The number of carbonyl (C=O) groups is 1. The zero-order valence-corrected chi connectivity index (χ0v) is 7.58. The fraction of sp³-hybridized carbons (Fsp3) is 0.333. The topological polar surface area (TPSA) is 33.2 Å². The van der Waals surface area contributed by atoms with Gasteiger partial charge in [0.1, 0.15) is 5.69 Å². The number of hydrogen-bond acceptors (Lipinski definition) is 2. The van der Waals surface area contributed by atoms with E-state index in [9.17, 15) is 18.0 Å². The molecule has 0 unspecified atom stereocenters. The van der Waals surface area contributed by atoms with Gasteiger partial charge >= 0.3 is 6.18 Å². The van der Waals surface area contributed by atoms with Crippen LogP contribution in [0, 0.1) is 0 Å². The molecular formula is C9H7F3N2O. The van der Waals surface area contributed by atoms with E-state index in [2.05, 4.69) is 4.98 Å². The summed E-state index contributed by atoms with van der Waals surface area (Å²) in [5, 5.41) is 0. The average molecular weight is 216 g/mol. The summed E-state index contributed by atoms with van der Waals surface area (Å²) in [5.41, 5.74) is -0.258. The third kappa shape index (κ3) is 1.67. The molecule has 0 spiro atoms. The SMILES string of the molecule is O=CN1Cc2ccnc(C(F)(F)F)c2C1. The zero-order chi connectivity index (χ0) is 11.1. The molecule has 0 aromatic carbocycles. The summed E-state index contributed by atoms with van der Waals surface area (Å²) in [4.78, 5) is 15.1. The van der Waals surface area contributed by atoms with Gasteiger partial charge in [-0.05, 0) is 11.6 Å². The number of hydrogen-bond donors (Lipinski definition) is 0. The lowest BCUT2D eigenvalue weighted by molar-refractivity contribution is -0.142. The Kier molecular flexibility index (Phi) is 2.13. The highest BCUT2D eigenvalue weighted by atomic mass is 19.4. The van der Waals surface area contributed by atoms with Crippen LogP contribution in [0.3, 0.4) is 0 Å². The molecule has 1 aliphatic rings. The molecule has 0 saturated heterocycles. The van der Waals surface area contributed by atoms with Crippen LogP contribution in [0.5, 0.6) is 0 Å². The van der Waals surface area contributed by atoms with Crippen LogP contribution in [0.25, 0.3) is 0 Å². The third-order valence-electron chi connectivity index (χ3n) is 2.31. The molecule has 2 rings (SSSR count). The van der Waals surface area contributed by atoms with Gasteiger partial charge in [-0.15, -0.1) is 0 Å². The Bertz CT molecular complexity index is 403. The van der Waals surface area contributed by atoms with E-state index < -0.39 is 11.9 Å². The highest BCUT2D eigenvalue weighted by Crippen LogP contribution is 2.34.